The molecule has 1 saturated carbocycles. The minimum atomic E-state index is -5.12. The van der Waals surface area contributed by atoms with Gasteiger partial charge in [-0.2, -0.15) is 18.3 Å². The third kappa shape index (κ3) is 2.81. The Morgan fingerprint density at radius 3 is 2.43 bits per heavy atom. The third-order valence-corrected chi connectivity index (χ3v) is 3.39. The van der Waals surface area contributed by atoms with Gasteiger partial charge in [0.1, 0.15) is 5.56 Å². The van der Waals surface area contributed by atoms with Gasteiger partial charge in [-0.1, -0.05) is 13.8 Å². The first-order chi connectivity index (χ1) is 9.55. The Bertz CT molecular complexity index is 601. The Morgan fingerprint density at radius 1 is 1.43 bits per heavy atom. The van der Waals surface area contributed by atoms with Crippen molar-refractivity contribution in [2.45, 2.75) is 32.5 Å². The number of amides is 1. The minimum absolute atomic E-state index is 0.324. The van der Waals surface area contributed by atoms with E-state index in [1.165, 1.54) is 0 Å². The number of aromatic nitrogens is 2. The van der Waals surface area contributed by atoms with Crippen LogP contribution in [0.4, 0.5) is 19.0 Å². The number of rotatable bonds is 3. The molecule has 0 radical (unpaired) electrons. The summed E-state index contributed by atoms with van der Waals surface area (Å²) in [5.74, 6) is -4.19. The first-order valence-corrected chi connectivity index (χ1v) is 6.01. The molecule has 0 saturated heterocycles. The molecule has 6 nitrogen and oxygen atoms in total. The van der Waals surface area contributed by atoms with Crippen LogP contribution in [0.1, 0.15) is 30.6 Å². The highest BCUT2D eigenvalue weighted by atomic mass is 19.4. The van der Waals surface area contributed by atoms with Crippen molar-refractivity contribution in [3.63, 3.8) is 0 Å². The van der Waals surface area contributed by atoms with Gasteiger partial charge in [0.2, 0.25) is 0 Å². The van der Waals surface area contributed by atoms with Gasteiger partial charge < -0.3 is 5.11 Å². The molecule has 1 aliphatic rings. The summed E-state index contributed by atoms with van der Waals surface area (Å²) < 4.78 is 38.3. The molecule has 1 fully saturated rings. The van der Waals surface area contributed by atoms with E-state index in [4.69, 9.17) is 5.11 Å². The van der Waals surface area contributed by atoms with E-state index in [1.54, 1.807) is 13.8 Å². The van der Waals surface area contributed by atoms with E-state index in [-0.39, 0.29) is 0 Å². The van der Waals surface area contributed by atoms with Crippen LogP contribution in [0.3, 0.4) is 0 Å². The SMILES string of the molecule is CC1(C)CC1N(C(=O)C(F)(F)F)c1nnccc1C(=O)O. The monoisotopic (exact) mass is 303 g/mol. The van der Waals surface area contributed by atoms with E-state index in [0.717, 1.165) is 12.3 Å². The van der Waals surface area contributed by atoms with E-state index in [2.05, 4.69) is 10.2 Å². The number of hydrogen-bond donors (Lipinski definition) is 1. The molecule has 1 aromatic rings. The van der Waals surface area contributed by atoms with Gasteiger partial charge in [0, 0.05) is 6.04 Å². The van der Waals surface area contributed by atoms with Crippen molar-refractivity contribution >= 4 is 17.7 Å². The van der Waals surface area contributed by atoms with E-state index in [1.807, 2.05) is 0 Å². The average Bonchev–Trinajstić information content (AvgIpc) is 2.97. The van der Waals surface area contributed by atoms with Crippen LogP contribution in [-0.4, -0.2) is 39.4 Å². The molecule has 0 bridgehead atoms. The van der Waals surface area contributed by atoms with Gasteiger partial charge >= 0.3 is 18.1 Å². The van der Waals surface area contributed by atoms with Crippen LogP contribution in [-0.2, 0) is 4.79 Å². The molecule has 1 aromatic heterocycles. The maximum atomic E-state index is 12.8. The van der Waals surface area contributed by atoms with Crippen LogP contribution in [0.5, 0.6) is 0 Å². The average molecular weight is 303 g/mol. The number of carbonyl (C=O) groups excluding carboxylic acids is 1. The van der Waals surface area contributed by atoms with Gasteiger partial charge in [0.05, 0.1) is 6.20 Å². The number of alkyl halides is 3. The van der Waals surface area contributed by atoms with Gasteiger partial charge in [-0.15, -0.1) is 5.10 Å². The highest BCUT2D eigenvalue weighted by Crippen LogP contribution is 2.50. The van der Waals surface area contributed by atoms with Gasteiger partial charge in [0.25, 0.3) is 0 Å². The van der Waals surface area contributed by atoms with Crippen LogP contribution in [0, 0.1) is 5.41 Å². The summed E-state index contributed by atoms with van der Waals surface area (Å²) in [5, 5.41) is 15.9. The molecule has 0 aliphatic heterocycles. The number of nitrogens with zero attached hydrogens (tertiary/aromatic N) is 3. The van der Waals surface area contributed by atoms with Crippen molar-refractivity contribution in [1.82, 2.24) is 10.2 Å². The lowest BCUT2D eigenvalue weighted by molar-refractivity contribution is -0.170. The second-order valence-corrected chi connectivity index (χ2v) is 5.46. The summed E-state index contributed by atoms with van der Waals surface area (Å²) in [6, 6.07) is 0.248. The first kappa shape index (κ1) is 15.2. The zero-order valence-corrected chi connectivity index (χ0v) is 11.2. The largest absolute Gasteiger partial charge is 0.478 e. The predicted molar refractivity (Wildman–Crippen MR) is 64.7 cm³/mol. The summed E-state index contributed by atoms with van der Waals surface area (Å²) in [4.78, 5) is 23.2. The van der Waals surface area contributed by atoms with Crippen LogP contribution >= 0.6 is 0 Å². The van der Waals surface area contributed by atoms with Crippen molar-refractivity contribution in [2.75, 3.05) is 4.90 Å². The lowest BCUT2D eigenvalue weighted by Gasteiger charge is -2.25. The summed E-state index contributed by atoms with van der Waals surface area (Å²) in [6.07, 6.45) is -3.75. The number of aromatic carboxylic acids is 1. The molecule has 1 amide bonds. The fraction of sp³-hybridized carbons (Fsp3) is 0.500. The molecular formula is C12H12F3N3O3. The van der Waals surface area contributed by atoms with Crippen molar-refractivity contribution in [2.24, 2.45) is 5.41 Å². The Morgan fingerprint density at radius 2 is 2.00 bits per heavy atom. The topological polar surface area (TPSA) is 83.4 Å². The Balaban J connectivity index is 2.52. The molecule has 1 N–H and O–H groups in total. The lowest BCUT2D eigenvalue weighted by Crippen LogP contribution is -2.45. The zero-order valence-electron chi connectivity index (χ0n) is 11.2. The van der Waals surface area contributed by atoms with Gasteiger partial charge in [-0.3, -0.25) is 9.69 Å². The smallest absolute Gasteiger partial charge is 0.471 e. The summed E-state index contributed by atoms with van der Waals surface area (Å²) in [7, 11) is 0. The van der Waals surface area contributed by atoms with E-state index in [0.29, 0.717) is 11.3 Å². The van der Waals surface area contributed by atoms with E-state index in [9.17, 15) is 22.8 Å². The number of carboxylic acids is 1. The summed E-state index contributed by atoms with van der Waals surface area (Å²) in [5.41, 5.74) is -1.03. The molecule has 1 aliphatic carbocycles. The van der Waals surface area contributed by atoms with Crippen molar-refractivity contribution in [1.29, 1.82) is 0 Å². The molecule has 1 unspecified atom stereocenters. The molecule has 9 heteroatoms. The van der Waals surface area contributed by atoms with Crippen molar-refractivity contribution < 1.29 is 27.9 Å². The quantitative estimate of drug-likeness (QED) is 0.921. The summed E-state index contributed by atoms with van der Waals surface area (Å²) in [6.45, 7) is 3.37. The fourth-order valence-electron chi connectivity index (χ4n) is 2.07. The van der Waals surface area contributed by atoms with Crippen LogP contribution in [0.25, 0.3) is 0 Å². The minimum Gasteiger partial charge on any atom is -0.478 e. The summed E-state index contributed by atoms with van der Waals surface area (Å²) >= 11 is 0. The second kappa shape index (κ2) is 4.68. The fourth-order valence-corrected chi connectivity index (χ4v) is 2.07. The first-order valence-electron chi connectivity index (χ1n) is 6.01. The Labute approximate surface area is 117 Å². The molecule has 1 heterocycles. The highest BCUT2D eigenvalue weighted by molar-refractivity contribution is 6.03. The van der Waals surface area contributed by atoms with E-state index >= 15 is 0 Å². The molecule has 0 aromatic carbocycles. The molecule has 21 heavy (non-hydrogen) atoms. The van der Waals surface area contributed by atoms with Crippen LogP contribution in [0.2, 0.25) is 0 Å². The molecule has 1 atom stereocenters. The normalized spacial score (nSPS) is 20.0. The molecule has 114 valence electrons. The van der Waals surface area contributed by atoms with Crippen molar-refractivity contribution in [3.05, 3.63) is 17.8 Å². The number of halogens is 3. The van der Waals surface area contributed by atoms with Crippen LogP contribution < -0.4 is 4.90 Å². The molecular weight excluding hydrogens is 291 g/mol. The predicted octanol–water partition coefficient (Wildman–Crippen LogP) is 1.87. The second-order valence-electron chi connectivity index (χ2n) is 5.46. The molecule has 2 rings (SSSR count). The Kier molecular flexibility index (Phi) is 3.38. The Hall–Kier alpha value is -2.19. The number of carboxylic acid groups (broad SMARTS) is 1. The third-order valence-electron chi connectivity index (χ3n) is 3.39. The number of hydrogen-bond acceptors (Lipinski definition) is 4. The van der Waals surface area contributed by atoms with Gasteiger partial charge in [-0.05, 0) is 17.9 Å². The van der Waals surface area contributed by atoms with E-state index < -0.39 is 40.9 Å². The van der Waals surface area contributed by atoms with Crippen LogP contribution in [0.15, 0.2) is 12.3 Å². The maximum absolute atomic E-state index is 12.8. The number of carbonyl (C=O) groups is 2. The lowest BCUT2D eigenvalue weighted by atomic mass is 10.1. The number of anilines is 1. The van der Waals surface area contributed by atoms with Crippen molar-refractivity contribution in [3.8, 4) is 0 Å². The van der Waals surface area contributed by atoms with Gasteiger partial charge in [0.15, 0.2) is 5.82 Å². The standard InChI is InChI=1S/C12H12F3N3O3/c1-11(2)5-7(11)18(10(21)12(13,14)15)8-6(9(19)20)3-4-16-17-8/h3-4,7H,5H2,1-2H3,(H,19,20). The maximum Gasteiger partial charge on any atom is 0.471 e. The zero-order chi connectivity index (χ0) is 16.0. The highest BCUT2D eigenvalue weighted by Gasteiger charge is 2.57. The van der Waals surface area contributed by atoms with Gasteiger partial charge in [-0.25, -0.2) is 4.79 Å². The molecule has 0 spiro atoms.